The number of nitrogens with one attached hydrogen (secondary N) is 1. The summed E-state index contributed by atoms with van der Waals surface area (Å²) in [5.74, 6) is 0.0904. The van der Waals surface area contributed by atoms with Crippen molar-refractivity contribution in [2.75, 3.05) is 31.1 Å². The Hall–Kier alpha value is -2.30. The molecular weight excluding hydrogens is 276 g/mol. The molecule has 1 amide bonds. The van der Waals surface area contributed by atoms with Crippen molar-refractivity contribution in [3.8, 4) is 0 Å². The van der Waals surface area contributed by atoms with E-state index in [1.807, 2.05) is 18.7 Å². The highest BCUT2D eigenvalue weighted by molar-refractivity contribution is 5.96. The minimum atomic E-state index is 0.0904. The highest BCUT2D eigenvalue weighted by Crippen LogP contribution is 2.19. The van der Waals surface area contributed by atoms with Crippen molar-refractivity contribution < 1.29 is 4.79 Å². The number of hydrogen-bond acceptors (Lipinski definition) is 3. The average Bonchev–Trinajstić information content (AvgIpc) is 2.86. The van der Waals surface area contributed by atoms with Crippen molar-refractivity contribution in [3.05, 3.63) is 46.8 Å². The van der Waals surface area contributed by atoms with Gasteiger partial charge in [0.25, 0.3) is 5.91 Å². The summed E-state index contributed by atoms with van der Waals surface area (Å²) in [5.41, 5.74) is 4.86. The van der Waals surface area contributed by atoms with Gasteiger partial charge in [-0.3, -0.25) is 9.89 Å². The van der Waals surface area contributed by atoms with Crippen LogP contribution in [-0.2, 0) is 0 Å². The monoisotopic (exact) mass is 298 g/mol. The first kappa shape index (κ1) is 14.6. The van der Waals surface area contributed by atoms with Gasteiger partial charge in [-0.15, -0.1) is 0 Å². The third-order valence-electron chi connectivity index (χ3n) is 4.28. The summed E-state index contributed by atoms with van der Waals surface area (Å²) < 4.78 is 0. The summed E-state index contributed by atoms with van der Waals surface area (Å²) in [5, 5.41) is 7.01. The predicted molar refractivity (Wildman–Crippen MR) is 87.4 cm³/mol. The Bertz CT molecular complexity index is 664. The fourth-order valence-corrected chi connectivity index (χ4v) is 3.02. The number of piperazine rings is 1. The van der Waals surface area contributed by atoms with Gasteiger partial charge in [0, 0.05) is 37.6 Å². The molecule has 1 aromatic heterocycles. The maximum atomic E-state index is 12.6. The summed E-state index contributed by atoms with van der Waals surface area (Å²) >= 11 is 0. The zero-order chi connectivity index (χ0) is 15.7. The molecule has 0 saturated carbocycles. The maximum Gasteiger partial charge on any atom is 0.257 e. The summed E-state index contributed by atoms with van der Waals surface area (Å²) in [6.07, 6.45) is 0. The molecule has 1 aromatic carbocycles. The largest absolute Gasteiger partial charge is 0.368 e. The second kappa shape index (κ2) is 5.83. The van der Waals surface area contributed by atoms with E-state index in [0.717, 1.165) is 43.1 Å². The number of carbonyl (C=O) groups is 1. The number of aromatic nitrogens is 2. The van der Waals surface area contributed by atoms with E-state index in [1.54, 1.807) is 0 Å². The van der Waals surface area contributed by atoms with E-state index in [1.165, 1.54) is 11.3 Å². The molecule has 5 heteroatoms. The second-order valence-electron chi connectivity index (χ2n) is 5.93. The van der Waals surface area contributed by atoms with Crippen LogP contribution in [0, 0.1) is 20.8 Å². The number of amides is 1. The van der Waals surface area contributed by atoms with E-state index in [-0.39, 0.29) is 5.91 Å². The maximum absolute atomic E-state index is 12.6. The molecule has 116 valence electrons. The third kappa shape index (κ3) is 2.71. The van der Waals surface area contributed by atoms with Gasteiger partial charge in [-0.2, -0.15) is 5.10 Å². The van der Waals surface area contributed by atoms with Crippen LogP contribution in [0.4, 0.5) is 5.69 Å². The minimum absolute atomic E-state index is 0.0904. The van der Waals surface area contributed by atoms with Crippen LogP contribution in [0.2, 0.25) is 0 Å². The number of aromatic amines is 1. The van der Waals surface area contributed by atoms with Crippen LogP contribution in [0.15, 0.2) is 24.3 Å². The summed E-state index contributed by atoms with van der Waals surface area (Å²) in [4.78, 5) is 16.9. The molecule has 2 aromatic rings. The molecule has 3 rings (SSSR count). The Morgan fingerprint density at radius 3 is 2.45 bits per heavy atom. The Balaban J connectivity index is 1.68. The lowest BCUT2D eigenvalue weighted by Crippen LogP contribution is -2.49. The number of nitrogens with zero attached hydrogens (tertiary/aromatic N) is 3. The van der Waals surface area contributed by atoms with E-state index in [0.29, 0.717) is 0 Å². The Kier molecular flexibility index (Phi) is 3.88. The second-order valence-corrected chi connectivity index (χ2v) is 5.93. The molecule has 0 aliphatic carbocycles. The smallest absolute Gasteiger partial charge is 0.257 e. The molecule has 1 aliphatic heterocycles. The van der Waals surface area contributed by atoms with E-state index in [9.17, 15) is 4.79 Å². The van der Waals surface area contributed by atoms with Gasteiger partial charge >= 0.3 is 0 Å². The number of H-pyrrole nitrogens is 1. The quantitative estimate of drug-likeness (QED) is 0.925. The van der Waals surface area contributed by atoms with E-state index >= 15 is 0 Å². The van der Waals surface area contributed by atoms with Gasteiger partial charge in [0.2, 0.25) is 0 Å². The molecule has 1 saturated heterocycles. The van der Waals surface area contributed by atoms with E-state index in [4.69, 9.17) is 0 Å². The van der Waals surface area contributed by atoms with Crippen LogP contribution in [-0.4, -0.2) is 47.2 Å². The van der Waals surface area contributed by atoms with Crippen LogP contribution in [0.25, 0.3) is 0 Å². The molecule has 1 aliphatic rings. The standard InChI is InChI=1S/C17H22N4O/c1-12-5-4-6-15(11-12)20-7-9-21(10-8-20)17(22)16-13(2)18-19-14(16)3/h4-6,11H,7-10H2,1-3H3,(H,18,19). The van der Waals surface area contributed by atoms with Gasteiger partial charge in [-0.1, -0.05) is 12.1 Å². The normalized spacial score (nSPS) is 15.2. The number of carbonyl (C=O) groups excluding carboxylic acids is 1. The minimum Gasteiger partial charge on any atom is -0.368 e. The van der Waals surface area contributed by atoms with Crippen molar-refractivity contribution in [1.29, 1.82) is 0 Å². The molecule has 0 unspecified atom stereocenters. The molecule has 0 spiro atoms. The van der Waals surface area contributed by atoms with Crippen molar-refractivity contribution in [3.63, 3.8) is 0 Å². The zero-order valence-corrected chi connectivity index (χ0v) is 13.4. The first-order chi connectivity index (χ1) is 10.6. The first-order valence-electron chi connectivity index (χ1n) is 7.68. The molecule has 1 fully saturated rings. The van der Waals surface area contributed by atoms with Gasteiger partial charge in [-0.25, -0.2) is 0 Å². The average molecular weight is 298 g/mol. The van der Waals surface area contributed by atoms with Crippen LogP contribution in [0.5, 0.6) is 0 Å². The number of benzene rings is 1. The molecule has 5 nitrogen and oxygen atoms in total. The highest BCUT2D eigenvalue weighted by atomic mass is 16.2. The van der Waals surface area contributed by atoms with Crippen LogP contribution in [0.1, 0.15) is 27.3 Å². The SMILES string of the molecule is Cc1cccc(N2CCN(C(=O)c3c(C)n[nH]c3C)CC2)c1. The van der Waals surface area contributed by atoms with Crippen molar-refractivity contribution in [2.24, 2.45) is 0 Å². The van der Waals surface area contributed by atoms with Crippen molar-refractivity contribution in [1.82, 2.24) is 15.1 Å². The van der Waals surface area contributed by atoms with Crippen molar-refractivity contribution >= 4 is 11.6 Å². The number of anilines is 1. The zero-order valence-electron chi connectivity index (χ0n) is 13.4. The highest BCUT2D eigenvalue weighted by Gasteiger charge is 2.25. The van der Waals surface area contributed by atoms with Gasteiger partial charge in [0.1, 0.15) is 0 Å². The Labute approximate surface area is 130 Å². The van der Waals surface area contributed by atoms with Crippen LogP contribution >= 0.6 is 0 Å². The summed E-state index contributed by atoms with van der Waals surface area (Å²) in [6.45, 7) is 9.10. The molecule has 1 N–H and O–H groups in total. The lowest BCUT2D eigenvalue weighted by atomic mass is 10.1. The van der Waals surface area contributed by atoms with E-state index in [2.05, 4.69) is 46.3 Å². The molecular formula is C17H22N4O. The molecule has 22 heavy (non-hydrogen) atoms. The lowest BCUT2D eigenvalue weighted by Gasteiger charge is -2.36. The summed E-state index contributed by atoms with van der Waals surface area (Å²) in [7, 11) is 0. The lowest BCUT2D eigenvalue weighted by molar-refractivity contribution is 0.0745. The first-order valence-corrected chi connectivity index (χ1v) is 7.68. The Morgan fingerprint density at radius 1 is 1.14 bits per heavy atom. The Morgan fingerprint density at radius 2 is 1.86 bits per heavy atom. The molecule has 0 bridgehead atoms. The molecule has 2 heterocycles. The van der Waals surface area contributed by atoms with Gasteiger partial charge < -0.3 is 9.80 Å². The third-order valence-corrected chi connectivity index (χ3v) is 4.28. The van der Waals surface area contributed by atoms with Gasteiger partial charge in [0.05, 0.1) is 11.3 Å². The fourth-order valence-electron chi connectivity index (χ4n) is 3.02. The van der Waals surface area contributed by atoms with Gasteiger partial charge in [0.15, 0.2) is 0 Å². The van der Waals surface area contributed by atoms with Gasteiger partial charge in [-0.05, 0) is 38.5 Å². The van der Waals surface area contributed by atoms with Crippen LogP contribution < -0.4 is 4.90 Å². The van der Waals surface area contributed by atoms with Crippen molar-refractivity contribution in [2.45, 2.75) is 20.8 Å². The predicted octanol–water partition coefficient (Wildman–Crippen LogP) is 2.30. The molecule has 0 atom stereocenters. The number of aryl methyl sites for hydroxylation is 3. The van der Waals surface area contributed by atoms with E-state index < -0.39 is 0 Å². The number of hydrogen-bond donors (Lipinski definition) is 1. The number of rotatable bonds is 2. The van der Waals surface area contributed by atoms with Crippen LogP contribution in [0.3, 0.4) is 0 Å². The fraction of sp³-hybridized carbons (Fsp3) is 0.412. The summed E-state index contributed by atoms with van der Waals surface area (Å²) in [6, 6.07) is 8.52. The topological polar surface area (TPSA) is 52.2 Å². The molecule has 0 radical (unpaired) electrons.